The lowest BCUT2D eigenvalue weighted by molar-refractivity contribution is -0.167. The van der Waals surface area contributed by atoms with Crippen molar-refractivity contribution < 1.29 is 28.6 Å². The fourth-order valence-corrected chi connectivity index (χ4v) is 6.07. The first-order valence-electron chi connectivity index (χ1n) is 24.4. The summed E-state index contributed by atoms with van der Waals surface area (Å²) in [6, 6.07) is 0. The van der Waals surface area contributed by atoms with Crippen molar-refractivity contribution >= 4 is 17.9 Å². The van der Waals surface area contributed by atoms with E-state index in [0.717, 1.165) is 70.6 Å². The molecular formula is C55H88O6. The van der Waals surface area contributed by atoms with Crippen molar-refractivity contribution in [1.29, 1.82) is 0 Å². The molecule has 0 amide bonds. The number of allylic oxidation sites excluding steroid dienone is 18. The normalized spacial score (nSPS) is 13.0. The Kier molecular flexibility index (Phi) is 45.6. The Morgan fingerprint density at radius 1 is 0.344 bits per heavy atom. The summed E-state index contributed by atoms with van der Waals surface area (Å²) in [6.45, 7) is 6.33. The third-order valence-corrected chi connectivity index (χ3v) is 9.73. The van der Waals surface area contributed by atoms with Crippen LogP contribution in [-0.4, -0.2) is 37.2 Å². The van der Waals surface area contributed by atoms with Crippen molar-refractivity contribution in [1.82, 2.24) is 0 Å². The van der Waals surface area contributed by atoms with E-state index in [9.17, 15) is 14.4 Å². The molecule has 0 aliphatic carbocycles. The molecule has 0 saturated heterocycles. The standard InChI is InChI=1S/C55H88O6/c1-4-7-10-13-16-19-21-23-25-27-29-31-33-36-39-42-45-48-54(57)60-51-52(50-59-53(56)47-44-41-38-35-18-15-12-9-6-3)61-55(58)49-46-43-40-37-34-32-30-28-26-24-22-20-17-14-11-8-5-2/h9,12,16,18-19,23-26,29-32,35-37,39-40,52H,4-8,10-11,13-15,17,20-22,27-28,33-34,38,41-51H2,1-3H3/b12-9-,19-16-,25-23-,26-24-,31-29-,32-30-,35-18-,39-36-,40-37-. The molecule has 0 N–H and O–H groups in total. The van der Waals surface area contributed by atoms with E-state index in [1.165, 1.54) is 70.6 Å². The average Bonchev–Trinajstić information content (AvgIpc) is 3.26. The van der Waals surface area contributed by atoms with Gasteiger partial charge in [-0.3, -0.25) is 14.4 Å². The second-order valence-electron chi connectivity index (χ2n) is 15.6. The van der Waals surface area contributed by atoms with E-state index in [1.54, 1.807) is 0 Å². The minimum absolute atomic E-state index is 0.135. The maximum absolute atomic E-state index is 12.7. The Morgan fingerprint density at radius 3 is 1.10 bits per heavy atom. The highest BCUT2D eigenvalue weighted by Gasteiger charge is 2.19. The van der Waals surface area contributed by atoms with Crippen LogP contribution in [0.15, 0.2) is 109 Å². The van der Waals surface area contributed by atoms with Gasteiger partial charge in [0.1, 0.15) is 13.2 Å². The molecule has 0 aromatic heterocycles. The molecule has 0 saturated carbocycles. The number of carbonyl (C=O) groups excluding carboxylic acids is 3. The number of esters is 3. The van der Waals surface area contributed by atoms with Gasteiger partial charge in [-0.25, -0.2) is 0 Å². The van der Waals surface area contributed by atoms with Crippen molar-refractivity contribution in [3.8, 4) is 0 Å². The fraction of sp³-hybridized carbons (Fsp3) is 0.618. The molecule has 0 fully saturated rings. The zero-order valence-corrected chi connectivity index (χ0v) is 39.1. The van der Waals surface area contributed by atoms with Gasteiger partial charge in [-0.15, -0.1) is 0 Å². The first-order valence-corrected chi connectivity index (χ1v) is 24.4. The van der Waals surface area contributed by atoms with Crippen LogP contribution < -0.4 is 0 Å². The first-order chi connectivity index (χ1) is 30.0. The summed E-state index contributed by atoms with van der Waals surface area (Å²) in [6.07, 6.45) is 65.3. The van der Waals surface area contributed by atoms with E-state index >= 15 is 0 Å². The summed E-state index contributed by atoms with van der Waals surface area (Å²) in [5, 5.41) is 0. The third kappa shape index (κ3) is 47.0. The van der Waals surface area contributed by atoms with E-state index in [1.807, 2.05) is 0 Å². The number of carbonyl (C=O) groups is 3. The molecule has 0 heterocycles. The van der Waals surface area contributed by atoms with Crippen molar-refractivity contribution in [3.05, 3.63) is 109 Å². The molecule has 6 heteroatoms. The lowest BCUT2D eigenvalue weighted by Gasteiger charge is -2.18. The minimum atomic E-state index is -0.839. The first kappa shape index (κ1) is 57.1. The molecule has 0 spiro atoms. The van der Waals surface area contributed by atoms with Crippen molar-refractivity contribution in [2.45, 2.75) is 207 Å². The summed E-state index contributed by atoms with van der Waals surface area (Å²) in [7, 11) is 0. The summed E-state index contributed by atoms with van der Waals surface area (Å²) in [5.74, 6) is -1.09. The maximum atomic E-state index is 12.7. The quantitative estimate of drug-likeness (QED) is 0.0264. The molecule has 0 bridgehead atoms. The van der Waals surface area contributed by atoms with Gasteiger partial charge in [-0.2, -0.15) is 0 Å². The zero-order chi connectivity index (χ0) is 44.4. The lowest BCUT2D eigenvalue weighted by Crippen LogP contribution is -2.30. The summed E-state index contributed by atoms with van der Waals surface area (Å²) >= 11 is 0. The lowest BCUT2D eigenvalue weighted by atomic mass is 10.1. The highest BCUT2D eigenvalue weighted by molar-refractivity contribution is 5.71. The Bertz CT molecular complexity index is 1290. The molecule has 0 aromatic rings. The monoisotopic (exact) mass is 845 g/mol. The molecule has 6 nitrogen and oxygen atoms in total. The molecule has 0 rings (SSSR count). The van der Waals surface area contributed by atoms with Crippen LogP contribution in [0.3, 0.4) is 0 Å². The highest BCUT2D eigenvalue weighted by atomic mass is 16.6. The molecule has 0 aliphatic rings. The van der Waals surface area contributed by atoms with Crippen LogP contribution in [0, 0.1) is 0 Å². The maximum Gasteiger partial charge on any atom is 0.306 e. The van der Waals surface area contributed by atoms with Crippen LogP contribution in [0.2, 0.25) is 0 Å². The van der Waals surface area contributed by atoms with Gasteiger partial charge in [0, 0.05) is 19.3 Å². The second-order valence-corrected chi connectivity index (χ2v) is 15.6. The van der Waals surface area contributed by atoms with Gasteiger partial charge in [0.15, 0.2) is 6.10 Å². The number of rotatable bonds is 42. The predicted octanol–water partition coefficient (Wildman–Crippen LogP) is 16.0. The zero-order valence-electron chi connectivity index (χ0n) is 39.1. The molecule has 1 atom stereocenters. The summed E-state index contributed by atoms with van der Waals surface area (Å²) < 4.78 is 16.6. The molecule has 0 aliphatic heterocycles. The Balaban J connectivity index is 4.56. The van der Waals surface area contributed by atoms with Gasteiger partial charge >= 0.3 is 17.9 Å². The Morgan fingerprint density at radius 2 is 0.656 bits per heavy atom. The molecule has 344 valence electrons. The van der Waals surface area contributed by atoms with E-state index in [4.69, 9.17) is 14.2 Å². The Labute approximate surface area is 374 Å². The smallest absolute Gasteiger partial charge is 0.306 e. The van der Waals surface area contributed by atoms with Gasteiger partial charge < -0.3 is 14.2 Å². The van der Waals surface area contributed by atoms with Crippen LogP contribution in [0.5, 0.6) is 0 Å². The van der Waals surface area contributed by atoms with Gasteiger partial charge in [-0.1, -0.05) is 175 Å². The van der Waals surface area contributed by atoms with E-state index in [0.29, 0.717) is 25.7 Å². The van der Waals surface area contributed by atoms with E-state index in [-0.39, 0.29) is 44.0 Å². The van der Waals surface area contributed by atoms with Gasteiger partial charge in [-0.05, 0) is 116 Å². The van der Waals surface area contributed by atoms with Gasteiger partial charge in [0.05, 0.1) is 0 Å². The van der Waals surface area contributed by atoms with E-state index in [2.05, 4.69) is 130 Å². The number of hydrogen-bond donors (Lipinski definition) is 0. The highest BCUT2D eigenvalue weighted by Crippen LogP contribution is 2.10. The minimum Gasteiger partial charge on any atom is -0.462 e. The van der Waals surface area contributed by atoms with Crippen LogP contribution in [0.25, 0.3) is 0 Å². The van der Waals surface area contributed by atoms with Crippen LogP contribution in [0.4, 0.5) is 0 Å². The molecule has 0 aromatic carbocycles. The molecule has 61 heavy (non-hydrogen) atoms. The summed E-state index contributed by atoms with van der Waals surface area (Å²) in [4.78, 5) is 37.7. The van der Waals surface area contributed by atoms with Crippen molar-refractivity contribution in [3.63, 3.8) is 0 Å². The van der Waals surface area contributed by atoms with Crippen molar-refractivity contribution in [2.75, 3.05) is 13.2 Å². The largest absolute Gasteiger partial charge is 0.462 e. The topological polar surface area (TPSA) is 78.9 Å². The SMILES string of the molecule is CC/C=C\C/C=C\CCCCC(=O)OCC(COC(=O)CCC/C=C\C/C=C\C/C=C\C/C=C\CCCCC)OC(=O)CCC/C=C\C/C=C\C/C=C\CCCCCCCC. The van der Waals surface area contributed by atoms with Crippen LogP contribution in [-0.2, 0) is 28.6 Å². The fourth-order valence-electron chi connectivity index (χ4n) is 6.07. The second kappa shape index (κ2) is 48.7. The van der Waals surface area contributed by atoms with Gasteiger partial charge in [0.2, 0.25) is 0 Å². The number of unbranched alkanes of at least 4 members (excludes halogenated alkanes) is 13. The average molecular weight is 845 g/mol. The number of hydrogen-bond acceptors (Lipinski definition) is 6. The van der Waals surface area contributed by atoms with Crippen LogP contribution in [0.1, 0.15) is 201 Å². The van der Waals surface area contributed by atoms with Gasteiger partial charge in [0.25, 0.3) is 0 Å². The van der Waals surface area contributed by atoms with Crippen LogP contribution >= 0.6 is 0 Å². The molecule has 1 unspecified atom stereocenters. The number of ether oxygens (including phenoxy) is 3. The predicted molar refractivity (Wildman–Crippen MR) is 260 cm³/mol. The third-order valence-electron chi connectivity index (χ3n) is 9.73. The molecular weight excluding hydrogens is 757 g/mol. The van der Waals surface area contributed by atoms with E-state index < -0.39 is 6.10 Å². The van der Waals surface area contributed by atoms with Crippen molar-refractivity contribution in [2.24, 2.45) is 0 Å². The Hall–Kier alpha value is -3.93. The molecule has 0 radical (unpaired) electrons. The summed E-state index contributed by atoms with van der Waals surface area (Å²) in [5.41, 5.74) is 0.